The molecule has 5 heteroatoms. The van der Waals surface area contributed by atoms with Crippen molar-refractivity contribution in [1.29, 1.82) is 0 Å². The minimum Gasteiger partial charge on any atom is -0.478 e. The van der Waals surface area contributed by atoms with Gasteiger partial charge in [0.2, 0.25) is 0 Å². The van der Waals surface area contributed by atoms with Gasteiger partial charge in [-0.25, -0.2) is 9.59 Å². The van der Waals surface area contributed by atoms with E-state index in [1.165, 1.54) is 0 Å². The average molecular weight is 224 g/mol. The normalized spacial score (nSPS) is 35.7. The molecule has 0 amide bonds. The monoisotopic (exact) mass is 224 g/mol. The lowest BCUT2D eigenvalue weighted by Crippen LogP contribution is -2.36. The van der Waals surface area contributed by atoms with Crippen LogP contribution in [0, 0.1) is 11.8 Å². The van der Waals surface area contributed by atoms with Crippen LogP contribution in [0.1, 0.15) is 6.42 Å². The first-order chi connectivity index (χ1) is 7.54. The third-order valence-corrected chi connectivity index (χ3v) is 3.16. The summed E-state index contributed by atoms with van der Waals surface area (Å²) in [6.07, 6.45) is 1.56. The number of esters is 1. The standard InChI is InChI=1S/C11H12O5/c1-2-8(12)16-10-5-3-6(9(10)13)7(4-5)11(14)15/h2,4-6,9-10,13H,1,3H2,(H,14,15). The van der Waals surface area contributed by atoms with Crippen LogP contribution in [-0.4, -0.2) is 34.4 Å². The molecule has 5 nitrogen and oxygen atoms in total. The molecule has 4 unspecified atom stereocenters. The van der Waals surface area contributed by atoms with Crippen LogP contribution in [-0.2, 0) is 14.3 Å². The molecule has 0 spiro atoms. The summed E-state index contributed by atoms with van der Waals surface area (Å²) in [6.45, 7) is 3.27. The van der Waals surface area contributed by atoms with Gasteiger partial charge >= 0.3 is 11.9 Å². The molecule has 0 aromatic heterocycles. The maximum Gasteiger partial charge on any atom is 0.331 e. The minimum atomic E-state index is -1.01. The van der Waals surface area contributed by atoms with Crippen LogP contribution in [0.4, 0.5) is 0 Å². The molecule has 2 aliphatic rings. The van der Waals surface area contributed by atoms with Crippen LogP contribution in [0.5, 0.6) is 0 Å². The molecule has 2 aliphatic carbocycles. The van der Waals surface area contributed by atoms with Gasteiger partial charge in [0.15, 0.2) is 0 Å². The van der Waals surface area contributed by atoms with Crippen molar-refractivity contribution in [1.82, 2.24) is 0 Å². The smallest absolute Gasteiger partial charge is 0.331 e. The van der Waals surface area contributed by atoms with Gasteiger partial charge in [-0.2, -0.15) is 0 Å². The minimum absolute atomic E-state index is 0.199. The second-order valence-electron chi connectivity index (χ2n) is 4.03. The van der Waals surface area contributed by atoms with Crippen LogP contribution in [0.2, 0.25) is 0 Å². The van der Waals surface area contributed by atoms with Gasteiger partial charge in [-0.3, -0.25) is 0 Å². The first-order valence-electron chi connectivity index (χ1n) is 5.00. The van der Waals surface area contributed by atoms with E-state index in [1.54, 1.807) is 6.08 Å². The van der Waals surface area contributed by atoms with E-state index in [0.717, 1.165) is 6.08 Å². The molecule has 2 N–H and O–H groups in total. The predicted octanol–water partition coefficient (Wildman–Crippen LogP) is 0.106. The lowest BCUT2D eigenvalue weighted by Gasteiger charge is -2.25. The van der Waals surface area contributed by atoms with Crippen molar-refractivity contribution in [2.75, 3.05) is 0 Å². The zero-order valence-electron chi connectivity index (χ0n) is 8.50. The number of rotatable bonds is 3. The highest BCUT2D eigenvalue weighted by atomic mass is 16.6. The fraction of sp³-hybridized carbons (Fsp3) is 0.455. The van der Waals surface area contributed by atoms with Gasteiger partial charge in [-0.05, 0) is 6.42 Å². The second kappa shape index (κ2) is 3.75. The molecule has 0 radical (unpaired) electrons. The predicted molar refractivity (Wildman–Crippen MR) is 53.4 cm³/mol. The van der Waals surface area contributed by atoms with E-state index in [9.17, 15) is 14.7 Å². The Kier molecular flexibility index (Phi) is 2.55. The number of aliphatic hydroxyl groups excluding tert-OH is 1. The second-order valence-corrected chi connectivity index (χ2v) is 4.03. The lowest BCUT2D eigenvalue weighted by atomic mass is 9.94. The van der Waals surface area contributed by atoms with Gasteiger partial charge < -0.3 is 14.9 Å². The highest BCUT2D eigenvalue weighted by molar-refractivity contribution is 5.88. The average Bonchev–Trinajstić information content (AvgIpc) is 2.78. The van der Waals surface area contributed by atoms with Crippen LogP contribution in [0.3, 0.4) is 0 Å². The highest BCUT2D eigenvalue weighted by Crippen LogP contribution is 2.45. The Balaban J connectivity index is 2.14. The largest absolute Gasteiger partial charge is 0.478 e. The Morgan fingerprint density at radius 2 is 2.25 bits per heavy atom. The SMILES string of the molecule is C=CC(=O)OC1C2C=C(C(=O)O)C(C2)C1O. The van der Waals surface area contributed by atoms with Gasteiger partial charge in [-0.1, -0.05) is 12.7 Å². The van der Waals surface area contributed by atoms with Crippen LogP contribution >= 0.6 is 0 Å². The summed E-state index contributed by atoms with van der Waals surface area (Å²) in [5.41, 5.74) is 0.225. The van der Waals surface area contributed by atoms with Gasteiger partial charge in [0.25, 0.3) is 0 Å². The number of hydrogen-bond acceptors (Lipinski definition) is 4. The number of aliphatic carboxylic acids is 1. The van der Waals surface area contributed by atoms with Crippen molar-refractivity contribution in [3.63, 3.8) is 0 Å². The van der Waals surface area contributed by atoms with E-state index in [-0.39, 0.29) is 11.5 Å². The summed E-state index contributed by atoms with van der Waals surface area (Å²) >= 11 is 0. The fourth-order valence-electron chi connectivity index (χ4n) is 2.45. The van der Waals surface area contributed by atoms with E-state index < -0.39 is 30.1 Å². The molecule has 1 fully saturated rings. The van der Waals surface area contributed by atoms with Gasteiger partial charge in [0.05, 0.1) is 6.10 Å². The molecule has 16 heavy (non-hydrogen) atoms. The van der Waals surface area contributed by atoms with Gasteiger partial charge in [-0.15, -0.1) is 0 Å². The number of carbonyl (C=O) groups is 2. The number of aliphatic hydroxyl groups is 1. The molecule has 1 saturated carbocycles. The topological polar surface area (TPSA) is 83.8 Å². The molecule has 2 bridgehead atoms. The first kappa shape index (κ1) is 10.9. The highest BCUT2D eigenvalue weighted by Gasteiger charge is 2.51. The number of ether oxygens (including phenoxy) is 1. The Bertz CT molecular complexity index is 384. The van der Waals surface area contributed by atoms with Crippen molar-refractivity contribution in [2.45, 2.75) is 18.6 Å². The zero-order chi connectivity index (χ0) is 11.9. The van der Waals surface area contributed by atoms with Crippen molar-refractivity contribution in [3.8, 4) is 0 Å². The van der Waals surface area contributed by atoms with E-state index in [2.05, 4.69) is 6.58 Å². The summed E-state index contributed by atoms with van der Waals surface area (Å²) in [7, 11) is 0. The Hall–Kier alpha value is -1.62. The molecule has 4 atom stereocenters. The number of hydrogen-bond donors (Lipinski definition) is 2. The Morgan fingerprint density at radius 3 is 2.75 bits per heavy atom. The van der Waals surface area contributed by atoms with E-state index in [0.29, 0.717) is 6.42 Å². The number of carboxylic acids is 1. The Labute approximate surface area is 92.0 Å². The Morgan fingerprint density at radius 1 is 1.56 bits per heavy atom. The van der Waals surface area contributed by atoms with Crippen molar-refractivity contribution >= 4 is 11.9 Å². The fourth-order valence-corrected chi connectivity index (χ4v) is 2.45. The molecular weight excluding hydrogens is 212 g/mol. The number of fused-ring (bicyclic) bond motifs is 2. The van der Waals surface area contributed by atoms with Gasteiger partial charge in [0.1, 0.15) is 6.10 Å². The van der Waals surface area contributed by atoms with Crippen LogP contribution in [0.15, 0.2) is 24.3 Å². The van der Waals surface area contributed by atoms with Crippen molar-refractivity contribution in [2.24, 2.45) is 11.8 Å². The summed E-state index contributed by atoms with van der Waals surface area (Å²) in [5, 5.41) is 18.7. The van der Waals surface area contributed by atoms with Crippen molar-refractivity contribution < 1.29 is 24.5 Å². The molecule has 2 rings (SSSR count). The first-order valence-corrected chi connectivity index (χ1v) is 5.00. The quantitative estimate of drug-likeness (QED) is 0.525. The summed E-state index contributed by atoms with van der Waals surface area (Å²) in [6, 6.07) is 0. The van der Waals surface area contributed by atoms with E-state index in [4.69, 9.17) is 9.84 Å². The molecule has 0 aliphatic heterocycles. The summed E-state index contributed by atoms with van der Waals surface area (Å²) in [4.78, 5) is 21.8. The number of carboxylic acid groups (broad SMARTS) is 1. The maximum absolute atomic E-state index is 11.0. The molecular formula is C11H12O5. The zero-order valence-corrected chi connectivity index (χ0v) is 8.50. The maximum atomic E-state index is 11.0. The molecule has 0 saturated heterocycles. The van der Waals surface area contributed by atoms with E-state index in [1.807, 2.05) is 0 Å². The molecule has 86 valence electrons. The molecule has 0 heterocycles. The third-order valence-electron chi connectivity index (χ3n) is 3.16. The van der Waals surface area contributed by atoms with Crippen LogP contribution in [0.25, 0.3) is 0 Å². The molecule has 0 aromatic rings. The van der Waals surface area contributed by atoms with Crippen LogP contribution < -0.4 is 0 Å². The summed E-state index contributed by atoms with van der Waals surface area (Å²) in [5.74, 6) is -2.23. The van der Waals surface area contributed by atoms with E-state index >= 15 is 0 Å². The van der Waals surface area contributed by atoms with Crippen molar-refractivity contribution in [3.05, 3.63) is 24.3 Å². The third kappa shape index (κ3) is 1.53. The van der Waals surface area contributed by atoms with Gasteiger partial charge in [0, 0.05) is 23.5 Å². The number of carbonyl (C=O) groups excluding carboxylic acids is 1. The lowest BCUT2D eigenvalue weighted by molar-refractivity contribution is -0.150. The molecule has 0 aromatic carbocycles. The summed E-state index contributed by atoms with van der Waals surface area (Å²) < 4.78 is 4.99.